The molecule has 2 rings (SSSR count). The molecule has 0 aliphatic carbocycles. The molecule has 5 nitrogen and oxygen atoms in total. The first-order valence-corrected chi connectivity index (χ1v) is 6.35. The van der Waals surface area contributed by atoms with E-state index in [4.69, 9.17) is 9.84 Å². The van der Waals surface area contributed by atoms with Crippen molar-refractivity contribution in [2.75, 3.05) is 13.2 Å². The number of amides is 1. The molecule has 0 aromatic rings. The summed E-state index contributed by atoms with van der Waals surface area (Å²) < 4.78 is 5.44. The summed E-state index contributed by atoms with van der Waals surface area (Å²) in [5.41, 5.74) is 0. The Bertz CT molecular complexity index is 299. The van der Waals surface area contributed by atoms with Gasteiger partial charge in [-0.2, -0.15) is 0 Å². The summed E-state index contributed by atoms with van der Waals surface area (Å²) in [7, 11) is 0. The van der Waals surface area contributed by atoms with Gasteiger partial charge in [0.15, 0.2) is 0 Å². The number of likely N-dealkylation sites (tertiary alicyclic amines) is 1. The summed E-state index contributed by atoms with van der Waals surface area (Å²) in [5.74, 6) is -1.02. The number of piperidine rings is 1. The number of carboxylic acid groups (broad SMARTS) is 1. The van der Waals surface area contributed by atoms with E-state index in [0.717, 1.165) is 32.1 Å². The molecule has 17 heavy (non-hydrogen) atoms. The second-order valence-electron chi connectivity index (χ2n) is 4.74. The molecule has 0 radical (unpaired) electrons. The highest BCUT2D eigenvalue weighted by Gasteiger charge is 2.36. The highest BCUT2D eigenvalue weighted by atomic mass is 16.5. The van der Waals surface area contributed by atoms with Gasteiger partial charge >= 0.3 is 5.97 Å². The fourth-order valence-electron chi connectivity index (χ4n) is 2.57. The molecule has 0 spiro atoms. The van der Waals surface area contributed by atoms with Crippen molar-refractivity contribution in [3.8, 4) is 0 Å². The van der Waals surface area contributed by atoms with E-state index in [9.17, 15) is 9.59 Å². The Morgan fingerprint density at radius 1 is 1.12 bits per heavy atom. The van der Waals surface area contributed by atoms with Crippen LogP contribution in [-0.2, 0) is 14.3 Å². The van der Waals surface area contributed by atoms with Gasteiger partial charge in [0.1, 0.15) is 12.1 Å². The predicted octanol–water partition coefficient (Wildman–Crippen LogP) is 1.02. The SMILES string of the molecule is O=C(O)C1CCCCN1C(=O)C1CCCCO1. The summed E-state index contributed by atoms with van der Waals surface area (Å²) in [4.78, 5) is 24.8. The van der Waals surface area contributed by atoms with Gasteiger partial charge in [0, 0.05) is 13.2 Å². The van der Waals surface area contributed by atoms with Gasteiger partial charge < -0.3 is 14.7 Å². The number of carbonyl (C=O) groups excluding carboxylic acids is 1. The third kappa shape index (κ3) is 2.77. The van der Waals surface area contributed by atoms with Crippen molar-refractivity contribution < 1.29 is 19.4 Å². The van der Waals surface area contributed by atoms with Crippen LogP contribution in [0.2, 0.25) is 0 Å². The average molecular weight is 241 g/mol. The third-order valence-electron chi connectivity index (χ3n) is 3.53. The maximum atomic E-state index is 12.2. The lowest BCUT2D eigenvalue weighted by molar-refractivity contribution is -0.159. The first-order valence-electron chi connectivity index (χ1n) is 6.35. The molecule has 0 aromatic carbocycles. The maximum Gasteiger partial charge on any atom is 0.326 e. The highest BCUT2D eigenvalue weighted by molar-refractivity contribution is 5.86. The van der Waals surface area contributed by atoms with Crippen molar-refractivity contribution in [3.05, 3.63) is 0 Å². The van der Waals surface area contributed by atoms with E-state index in [1.807, 2.05) is 0 Å². The molecule has 0 aromatic heterocycles. The zero-order valence-electron chi connectivity index (χ0n) is 9.93. The zero-order chi connectivity index (χ0) is 12.3. The summed E-state index contributed by atoms with van der Waals surface area (Å²) in [6.45, 7) is 1.16. The predicted molar refractivity (Wildman–Crippen MR) is 60.6 cm³/mol. The fraction of sp³-hybridized carbons (Fsp3) is 0.833. The fourth-order valence-corrected chi connectivity index (χ4v) is 2.57. The molecule has 2 saturated heterocycles. The smallest absolute Gasteiger partial charge is 0.326 e. The number of nitrogens with zero attached hydrogens (tertiary/aromatic N) is 1. The summed E-state index contributed by atoms with van der Waals surface area (Å²) in [6.07, 6.45) is 4.63. The highest BCUT2D eigenvalue weighted by Crippen LogP contribution is 2.22. The number of rotatable bonds is 2. The van der Waals surface area contributed by atoms with Gasteiger partial charge in [-0.15, -0.1) is 0 Å². The molecule has 2 heterocycles. The normalized spacial score (nSPS) is 30.0. The van der Waals surface area contributed by atoms with E-state index in [1.54, 1.807) is 0 Å². The van der Waals surface area contributed by atoms with E-state index < -0.39 is 18.1 Å². The van der Waals surface area contributed by atoms with Crippen LogP contribution in [0.25, 0.3) is 0 Å². The van der Waals surface area contributed by atoms with Gasteiger partial charge in [0.05, 0.1) is 0 Å². The van der Waals surface area contributed by atoms with E-state index >= 15 is 0 Å². The number of hydrogen-bond donors (Lipinski definition) is 1. The quantitative estimate of drug-likeness (QED) is 0.784. The lowest BCUT2D eigenvalue weighted by Crippen LogP contribution is -2.52. The molecule has 0 saturated carbocycles. The van der Waals surface area contributed by atoms with Crippen LogP contribution in [0.3, 0.4) is 0 Å². The number of ether oxygens (including phenoxy) is 1. The summed E-state index contributed by atoms with van der Waals surface area (Å²) in [5, 5.41) is 9.12. The van der Waals surface area contributed by atoms with E-state index in [1.165, 1.54) is 4.90 Å². The first kappa shape index (κ1) is 12.4. The molecule has 1 amide bonds. The van der Waals surface area contributed by atoms with Crippen molar-refractivity contribution in [1.82, 2.24) is 4.90 Å². The Balaban J connectivity index is 2.02. The van der Waals surface area contributed by atoms with Gasteiger partial charge in [-0.3, -0.25) is 4.79 Å². The molecular weight excluding hydrogens is 222 g/mol. The first-order chi connectivity index (χ1) is 8.20. The van der Waals surface area contributed by atoms with Crippen LogP contribution in [0.5, 0.6) is 0 Å². The largest absolute Gasteiger partial charge is 0.480 e. The van der Waals surface area contributed by atoms with Crippen LogP contribution in [0, 0.1) is 0 Å². The molecule has 1 N–H and O–H groups in total. The monoisotopic (exact) mass is 241 g/mol. The minimum atomic E-state index is -0.895. The number of hydrogen-bond acceptors (Lipinski definition) is 3. The Hall–Kier alpha value is -1.10. The van der Waals surface area contributed by atoms with Crippen LogP contribution in [0.4, 0.5) is 0 Å². The number of carboxylic acids is 1. The second kappa shape index (κ2) is 5.49. The van der Waals surface area contributed by atoms with E-state index in [2.05, 4.69) is 0 Å². The second-order valence-corrected chi connectivity index (χ2v) is 4.74. The van der Waals surface area contributed by atoms with Crippen molar-refractivity contribution in [3.63, 3.8) is 0 Å². The Morgan fingerprint density at radius 2 is 1.88 bits per heavy atom. The summed E-state index contributed by atoms with van der Waals surface area (Å²) >= 11 is 0. The van der Waals surface area contributed by atoms with Crippen LogP contribution in [0.15, 0.2) is 0 Å². The zero-order valence-corrected chi connectivity index (χ0v) is 9.93. The van der Waals surface area contributed by atoms with Crippen molar-refractivity contribution in [1.29, 1.82) is 0 Å². The minimum absolute atomic E-state index is 0.128. The standard InChI is InChI=1S/C12H19NO4/c14-11(10-6-2-4-8-17-10)13-7-3-1-5-9(13)12(15)16/h9-10H,1-8H2,(H,15,16). The number of carbonyl (C=O) groups is 2. The van der Waals surface area contributed by atoms with Crippen LogP contribution in [0.1, 0.15) is 38.5 Å². The lowest BCUT2D eigenvalue weighted by atomic mass is 10.00. The van der Waals surface area contributed by atoms with Gasteiger partial charge in [0.2, 0.25) is 0 Å². The molecule has 5 heteroatoms. The number of aliphatic carboxylic acids is 1. The van der Waals surface area contributed by atoms with Crippen molar-refractivity contribution in [2.24, 2.45) is 0 Å². The van der Waals surface area contributed by atoms with Gasteiger partial charge in [-0.05, 0) is 38.5 Å². The van der Waals surface area contributed by atoms with Crippen molar-refractivity contribution in [2.45, 2.75) is 50.7 Å². The van der Waals surface area contributed by atoms with E-state index in [0.29, 0.717) is 19.6 Å². The lowest BCUT2D eigenvalue weighted by Gasteiger charge is -2.36. The summed E-state index contributed by atoms with van der Waals surface area (Å²) in [6, 6.07) is -0.651. The molecule has 2 unspecified atom stereocenters. The molecular formula is C12H19NO4. The van der Waals surface area contributed by atoms with Gasteiger partial charge in [0.25, 0.3) is 5.91 Å². The molecule has 0 bridgehead atoms. The van der Waals surface area contributed by atoms with Crippen LogP contribution >= 0.6 is 0 Å². The molecule has 96 valence electrons. The van der Waals surface area contributed by atoms with E-state index in [-0.39, 0.29) is 5.91 Å². The molecule has 2 aliphatic rings. The topological polar surface area (TPSA) is 66.8 Å². The molecule has 2 fully saturated rings. The Kier molecular flexibility index (Phi) is 3.99. The van der Waals surface area contributed by atoms with Crippen LogP contribution in [-0.4, -0.2) is 47.2 Å². The van der Waals surface area contributed by atoms with Crippen LogP contribution < -0.4 is 0 Å². The Labute approximate surface area is 101 Å². The average Bonchev–Trinajstić information content (AvgIpc) is 2.39. The maximum absolute atomic E-state index is 12.2. The molecule has 2 atom stereocenters. The Morgan fingerprint density at radius 3 is 2.53 bits per heavy atom. The third-order valence-corrected chi connectivity index (χ3v) is 3.53. The molecule has 2 aliphatic heterocycles. The van der Waals surface area contributed by atoms with Gasteiger partial charge in [-0.1, -0.05) is 0 Å². The minimum Gasteiger partial charge on any atom is -0.480 e. The van der Waals surface area contributed by atoms with Crippen molar-refractivity contribution >= 4 is 11.9 Å². The van der Waals surface area contributed by atoms with Gasteiger partial charge in [-0.25, -0.2) is 4.79 Å².